The van der Waals surface area contributed by atoms with Crippen LogP contribution in [0.4, 0.5) is 0 Å². The molecule has 0 bridgehead atoms. The lowest BCUT2D eigenvalue weighted by Gasteiger charge is -2.22. The molecule has 0 aromatic carbocycles. The van der Waals surface area contributed by atoms with Gasteiger partial charge in [-0.1, -0.05) is 12.2 Å². The van der Waals surface area contributed by atoms with Crippen LogP contribution in [0.25, 0.3) is 0 Å². The quantitative estimate of drug-likeness (QED) is 0.553. The summed E-state index contributed by atoms with van der Waals surface area (Å²) in [5, 5.41) is 8.64. The average molecular weight is 250 g/mol. The SMILES string of the molecule is CN1CC=CC=C1CCO.COS(=O)(=O)[O-]. The zero-order valence-electron chi connectivity index (χ0n) is 9.29. The van der Waals surface area contributed by atoms with Crippen molar-refractivity contribution < 1.29 is 22.3 Å². The highest BCUT2D eigenvalue weighted by Crippen LogP contribution is 2.09. The summed E-state index contributed by atoms with van der Waals surface area (Å²) in [5.41, 5.74) is 1.21. The number of aliphatic hydroxyl groups excluding tert-OH is 1. The first-order valence-electron chi connectivity index (χ1n) is 4.60. The van der Waals surface area contributed by atoms with E-state index in [1.54, 1.807) is 0 Å². The van der Waals surface area contributed by atoms with Crippen LogP contribution < -0.4 is 0 Å². The number of hydrogen-bond donors (Lipinski definition) is 1. The molecular formula is C9H16NO5S-. The highest BCUT2D eigenvalue weighted by Gasteiger charge is 2.03. The van der Waals surface area contributed by atoms with Gasteiger partial charge in [-0.2, -0.15) is 0 Å². The number of rotatable bonds is 3. The van der Waals surface area contributed by atoms with Gasteiger partial charge in [0, 0.05) is 32.3 Å². The van der Waals surface area contributed by atoms with Gasteiger partial charge in [0.2, 0.25) is 10.4 Å². The van der Waals surface area contributed by atoms with Gasteiger partial charge in [0.05, 0.1) is 7.11 Å². The second kappa shape index (κ2) is 7.39. The number of hydrogen-bond acceptors (Lipinski definition) is 6. The van der Waals surface area contributed by atoms with Crippen molar-refractivity contribution >= 4 is 10.4 Å². The van der Waals surface area contributed by atoms with E-state index in [1.165, 1.54) is 5.70 Å². The Morgan fingerprint density at radius 3 is 2.56 bits per heavy atom. The fraction of sp³-hybridized carbons (Fsp3) is 0.556. The van der Waals surface area contributed by atoms with E-state index < -0.39 is 10.4 Å². The van der Waals surface area contributed by atoms with E-state index in [-0.39, 0.29) is 6.61 Å². The Labute approximate surface area is 95.8 Å². The second-order valence-electron chi connectivity index (χ2n) is 3.02. The van der Waals surface area contributed by atoms with Gasteiger partial charge in [-0.25, -0.2) is 8.42 Å². The molecule has 7 heteroatoms. The smallest absolute Gasteiger partial charge is 0.217 e. The first-order valence-corrected chi connectivity index (χ1v) is 5.93. The van der Waals surface area contributed by atoms with Crippen molar-refractivity contribution in [2.24, 2.45) is 0 Å². The average Bonchev–Trinajstić information content (AvgIpc) is 2.22. The fourth-order valence-corrected chi connectivity index (χ4v) is 1.03. The highest BCUT2D eigenvalue weighted by molar-refractivity contribution is 7.80. The zero-order valence-corrected chi connectivity index (χ0v) is 10.1. The van der Waals surface area contributed by atoms with Gasteiger partial charge in [-0.3, -0.25) is 4.18 Å². The van der Waals surface area contributed by atoms with Crippen LogP contribution in [0.15, 0.2) is 23.9 Å². The molecule has 0 amide bonds. The van der Waals surface area contributed by atoms with E-state index in [9.17, 15) is 13.0 Å². The van der Waals surface area contributed by atoms with E-state index in [0.29, 0.717) is 0 Å². The summed E-state index contributed by atoms with van der Waals surface area (Å²) in [6.45, 7) is 1.20. The van der Waals surface area contributed by atoms with Crippen molar-refractivity contribution in [3.63, 3.8) is 0 Å². The summed E-state index contributed by atoms with van der Waals surface area (Å²) in [4.78, 5) is 2.14. The molecule has 0 aromatic heterocycles. The van der Waals surface area contributed by atoms with Crippen LogP contribution in [-0.2, 0) is 14.6 Å². The molecule has 6 nitrogen and oxygen atoms in total. The van der Waals surface area contributed by atoms with E-state index in [4.69, 9.17) is 5.11 Å². The van der Waals surface area contributed by atoms with Gasteiger partial charge >= 0.3 is 0 Å². The standard InChI is InChI=1S/C8H13NO.CH4O4S/c1-9-6-3-2-4-8(9)5-7-10;1-5-6(2,3)4/h2-4,10H,5-7H2,1H3;1H3,(H,2,3,4)/p-1. The molecule has 1 aliphatic heterocycles. The fourth-order valence-electron chi connectivity index (χ4n) is 1.03. The molecule has 0 saturated heterocycles. The topological polar surface area (TPSA) is 89.9 Å². The van der Waals surface area contributed by atoms with Gasteiger partial charge in [0.25, 0.3) is 0 Å². The van der Waals surface area contributed by atoms with Crippen molar-refractivity contribution in [3.8, 4) is 0 Å². The molecule has 1 N–H and O–H groups in total. The molecule has 0 aliphatic carbocycles. The van der Waals surface area contributed by atoms with Crippen LogP contribution in [0.5, 0.6) is 0 Å². The molecule has 0 saturated carbocycles. The number of nitrogens with zero attached hydrogens (tertiary/aromatic N) is 1. The minimum absolute atomic E-state index is 0.240. The van der Waals surface area contributed by atoms with Crippen molar-refractivity contribution in [1.82, 2.24) is 4.90 Å². The van der Waals surface area contributed by atoms with Crippen LogP contribution in [-0.4, -0.2) is 50.3 Å². The van der Waals surface area contributed by atoms with E-state index in [2.05, 4.69) is 15.2 Å². The van der Waals surface area contributed by atoms with E-state index in [0.717, 1.165) is 20.1 Å². The Hall–Kier alpha value is -0.890. The maximum Gasteiger partial charge on any atom is 0.217 e. The number of likely N-dealkylation sites (N-methyl/N-ethyl adjacent to an activating group) is 1. The molecule has 0 fully saturated rings. The Morgan fingerprint density at radius 2 is 2.19 bits per heavy atom. The molecule has 0 spiro atoms. The summed E-state index contributed by atoms with van der Waals surface area (Å²) in [6, 6.07) is 0. The predicted octanol–water partition coefficient (Wildman–Crippen LogP) is -0.153. The Balaban J connectivity index is 0.000000325. The summed E-state index contributed by atoms with van der Waals surface area (Å²) >= 11 is 0. The first kappa shape index (κ1) is 15.1. The lowest BCUT2D eigenvalue weighted by Crippen LogP contribution is -2.20. The zero-order chi connectivity index (χ0) is 12.6. The Bertz CT molecular complexity index is 347. The molecule has 1 aliphatic rings. The van der Waals surface area contributed by atoms with Gasteiger partial charge in [-0.15, -0.1) is 0 Å². The molecule has 0 atom stereocenters. The van der Waals surface area contributed by atoms with Crippen LogP contribution in [0.3, 0.4) is 0 Å². The molecule has 0 aromatic rings. The van der Waals surface area contributed by atoms with E-state index in [1.807, 2.05) is 19.2 Å². The van der Waals surface area contributed by atoms with Crippen LogP contribution in [0.1, 0.15) is 6.42 Å². The third-order valence-corrected chi connectivity index (χ3v) is 2.27. The molecule has 94 valence electrons. The molecule has 16 heavy (non-hydrogen) atoms. The van der Waals surface area contributed by atoms with E-state index >= 15 is 0 Å². The molecular weight excluding hydrogens is 234 g/mol. The minimum atomic E-state index is -4.41. The van der Waals surface area contributed by atoms with Crippen LogP contribution >= 0.6 is 0 Å². The minimum Gasteiger partial charge on any atom is -0.726 e. The summed E-state index contributed by atoms with van der Waals surface area (Å²) in [6.07, 6.45) is 6.94. The lowest BCUT2D eigenvalue weighted by atomic mass is 10.2. The molecule has 1 rings (SSSR count). The van der Waals surface area contributed by atoms with Gasteiger partial charge in [-0.05, 0) is 6.08 Å². The van der Waals surface area contributed by atoms with Gasteiger partial charge in [0.1, 0.15) is 0 Å². The van der Waals surface area contributed by atoms with Crippen molar-refractivity contribution in [2.75, 3.05) is 27.3 Å². The summed E-state index contributed by atoms with van der Waals surface area (Å²) < 4.78 is 31.0. The normalized spacial score (nSPS) is 15.2. The predicted molar refractivity (Wildman–Crippen MR) is 58.3 cm³/mol. The third-order valence-electron chi connectivity index (χ3n) is 1.87. The van der Waals surface area contributed by atoms with Crippen LogP contribution in [0.2, 0.25) is 0 Å². The molecule has 0 radical (unpaired) electrons. The lowest BCUT2D eigenvalue weighted by molar-refractivity contribution is 0.282. The first-order chi connectivity index (χ1) is 7.40. The maximum absolute atomic E-state index is 9.22. The summed E-state index contributed by atoms with van der Waals surface area (Å²) in [7, 11) is -1.57. The Kier molecular flexibility index (Phi) is 6.98. The second-order valence-corrected chi connectivity index (χ2v) is 4.17. The number of aliphatic hydroxyl groups is 1. The van der Waals surface area contributed by atoms with Crippen molar-refractivity contribution in [1.29, 1.82) is 0 Å². The number of allylic oxidation sites excluding steroid dienone is 2. The maximum atomic E-state index is 9.22. The van der Waals surface area contributed by atoms with Gasteiger partial charge < -0.3 is 14.6 Å². The monoisotopic (exact) mass is 250 g/mol. The highest BCUT2D eigenvalue weighted by atomic mass is 32.3. The van der Waals surface area contributed by atoms with Gasteiger partial charge in [0.15, 0.2) is 0 Å². The Morgan fingerprint density at radius 1 is 1.62 bits per heavy atom. The molecule has 1 heterocycles. The van der Waals surface area contributed by atoms with Crippen molar-refractivity contribution in [3.05, 3.63) is 23.9 Å². The van der Waals surface area contributed by atoms with Crippen molar-refractivity contribution in [2.45, 2.75) is 6.42 Å². The summed E-state index contributed by atoms with van der Waals surface area (Å²) in [5.74, 6) is 0. The van der Waals surface area contributed by atoms with Crippen LogP contribution in [0, 0.1) is 0 Å². The third kappa shape index (κ3) is 7.41. The molecule has 0 unspecified atom stereocenters. The largest absolute Gasteiger partial charge is 0.726 e.